The van der Waals surface area contributed by atoms with Crippen LogP contribution in [0.4, 0.5) is 5.69 Å². The maximum absolute atomic E-state index is 9.37. The van der Waals surface area contributed by atoms with E-state index in [0.29, 0.717) is 11.3 Å². The fourth-order valence-electron chi connectivity index (χ4n) is 3.03. The Balaban J connectivity index is 2.11. The van der Waals surface area contributed by atoms with Crippen LogP contribution in [0.25, 0.3) is 21.4 Å². The summed E-state index contributed by atoms with van der Waals surface area (Å²) >= 11 is 0. The van der Waals surface area contributed by atoms with Crippen LogP contribution < -0.4 is 4.68 Å². The Kier molecular flexibility index (Phi) is 2.20. The van der Waals surface area contributed by atoms with E-state index < -0.39 is 0 Å². The highest BCUT2D eigenvalue weighted by Gasteiger charge is 2.29. The Hall–Kier alpha value is -3.11. The zero-order valence-corrected chi connectivity index (χ0v) is 11.5. The molecule has 2 heterocycles. The van der Waals surface area contributed by atoms with Gasteiger partial charge in [-0.3, -0.25) is 0 Å². The van der Waals surface area contributed by atoms with Gasteiger partial charge >= 0.3 is 0 Å². The molecule has 2 aromatic carbocycles. The van der Waals surface area contributed by atoms with Crippen LogP contribution in [0.5, 0.6) is 0 Å². The highest BCUT2D eigenvalue weighted by Crippen LogP contribution is 2.31. The fraction of sp³-hybridized carbons (Fsp3) is 0.118. The zero-order valence-electron chi connectivity index (χ0n) is 11.5. The molecule has 0 bridgehead atoms. The first-order chi connectivity index (χ1) is 10.2. The van der Waals surface area contributed by atoms with Crippen LogP contribution in [0.1, 0.15) is 16.7 Å². The molecular weight excluding hydrogens is 260 g/mol. The van der Waals surface area contributed by atoms with Crippen molar-refractivity contribution >= 4 is 16.6 Å². The Morgan fingerprint density at radius 2 is 2.19 bits per heavy atom. The van der Waals surface area contributed by atoms with Gasteiger partial charge in [0.25, 0.3) is 0 Å². The third-order valence-corrected chi connectivity index (χ3v) is 4.00. The largest absolute Gasteiger partial charge is 0.237 e. The highest BCUT2D eigenvalue weighted by molar-refractivity contribution is 5.91. The van der Waals surface area contributed by atoms with E-state index in [2.05, 4.69) is 45.4 Å². The van der Waals surface area contributed by atoms with Crippen molar-refractivity contribution in [1.29, 1.82) is 5.26 Å². The topological polar surface area (TPSA) is 37.0 Å². The van der Waals surface area contributed by atoms with Crippen LogP contribution >= 0.6 is 0 Å². The molecule has 0 amide bonds. The first-order valence-electron chi connectivity index (χ1n) is 6.68. The van der Waals surface area contributed by atoms with Gasteiger partial charge in [-0.05, 0) is 24.6 Å². The number of benzene rings is 2. The van der Waals surface area contributed by atoms with E-state index in [1.165, 1.54) is 11.1 Å². The van der Waals surface area contributed by atoms with Gasteiger partial charge in [0.2, 0.25) is 11.9 Å². The number of hydrogen-bond donors (Lipinski definition) is 0. The van der Waals surface area contributed by atoms with Crippen LogP contribution in [0.3, 0.4) is 0 Å². The van der Waals surface area contributed by atoms with Crippen molar-refractivity contribution in [3.8, 4) is 11.8 Å². The molecule has 0 fully saturated rings. The van der Waals surface area contributed by atoms with Crippen molar-refractivity contribution in [3.63, 3.8) is 0 Å². The van der Waals surface area contributed by atoms with E-state index in [4.69, 9.17) is 6.57 Å². The molecule has 1 aliphatic heterocycles. The average Bonchev–Trinajstić information content (AvgIpc) is 3.01. The first kappa shape index (κ1) is 11.7. The maximum atomic E-state index is 9.37. The van der Waals surface area contributed by atoms with Gasteiger partial charge in [-0.25, -0.2) is 4.85 Å². The van der Waals surface area contributed by atoms with Crippen LogP contribution in [-0.4, -0.2) is 4.68 Å². The summed E-state index contributed by atoms with van der Waals surface area (Å²) in [6.45, 7) is 10.1. The normalized spacial score (nSPS) is 11.8. The number of fused-ring (bicyclic) bond motifs is 5. The number of aryl methyl sites for hydroxylation is 1. The van der Waals surface area contributed by atoms with E-state index >= 15 is 0 Å². The predicted octanol–water partition coefficient (Wildman–Crippen LogP) is 3.01. The van der Waals surface area contributed by atoms with Gasteiger partial charge < -0.3 is 0 Å². The Morgan fingerprint density at radius 1 is 1.33 bits per heavy atom. The first-order valence-corrected chi connectivity index (χ1v) is 6.68. The number of hydrogen-bond acceptors (Lipinski definition) is 1. The summed E-state index contributed by atoms with van der Waals surface area (Å²) in [6.07, 6.45) is 1.97. The highest BCUT2D eigenvalue weighted by atomic mass is 15.4. The predicted molar refractivity (Wildman–Crippen MR) is 78.3 cm³/mol. The molecule has 0 N–H and O–H groups in total. The lowest BCUT2D eigenvalue weighted by molar-refractivity contribution is -0.749. The quantitative estimate of drug-likeness (QED) is 0.358. The summed E-state index contributed by atoms with van der Waals surface area (Å²) < 4.78 is 4.23. The molecule has 1 aliphatic rings. The molecule has 3 aromatic rings. The molecule has 0 saturated carbocycles. The molecule has 0 atom stereocenters. The van der Waals surface area contributed by atoms with Gasteiger partial charge in [0.15, 0.2) is 6.54 Å². The standard InChI is InChI=1S/C17H11N4/c1-11-3-4-12-9-20-10-14-13(8-18)15(19-2)5-6-16(14)21(20)17(12)7-11/h3-7,10H,9H2,1H3/q+1. The summed E-state index contributed by atoms with van der Waals surface area (Å²) in [5, 5.41) is 10.2. The van der Waals surface area contributed by atoms with Crippen molar-refractivity contribution < 1.29 is 4.68 Å². The molecule has 98 valence electrons. The van der Waals surface area contributed by atoms with Crippen molar-refractivity contribution in [2.24, 2.45) is 0 Å². The third kappa shape index (κ3) is 1.45. The number of nitrogens with zero attached hydrogens (tertiary/aromatic N) is 4. The average molecular weight is 271 g/mol. The van der Waals surface area contributed by atoms with Crippen LogP contribution in [-0.2, 0) is 6.54 Å². The molecule has 0 radical (unpaired) electrons. The molecular formula is C17H11N4+. The van der Waals surface area contributed by atoms with Crippen LogP contribution in [0.15, 0.2) is 36.5 Å². The lowest BCUT2D eigenvalue weighted by Gasteiger charge is -2.00. The Bertz CT molecular complexity index is 996. The number of aromatic nitrogens is 2. The molecule has 4 nitrogen and oxygen atoms in total. The third-order valence-electron chi connectivity index (χ3n) is 4.00. The summed E-state index contributed by atoms with van der Waals surface area (Å²) in [5.41, 5.74) is 5.50. The minimum Gasteiger partial charge on any atom is -0.237 e. The maximum Gasteiger partial charge on any atom is 0.205 e. The van der Waals surface area contributed by atoms with Crippen molar-refractivity contribution in [1.82, 2.24) is 4.68 Å². The van der Waals surface area contributed by atoms with E-state index in [-0.39, 0.29) is 0 Å². The number of nitriles is 1. The van der Waals surface area contributed by atoms with Gasteiger partial charge in [0, 0.05) is 5.56 Å². The fourth-order valence-corrected chi connectivity index (χ4v) is 3.03. The zero-order chi connectivity index (χ0) is 14.6. The molecule has 0 spiro atoms. The van der Waals surface area contributed by atoms with Crippen LogP contribution in [0, 0.1) is 24.8 Å². The summed E-state index contributed by atoms with van der Waals surface area (Å²) in [6, 6.07) is 12.3. The SMILES string of the molecule is [C-]#[N+]c1ccc2c(c[n+]3n2-c2cc(C)ccc2C3)c1C#N. The lowest BCUT2D eigenvalue weighted by Crippen LogP contribution is -2.36. The van der Waals surface area contributed by atoms with Gasteiger partial charge in [-0.2, -0.15) is 5.26 Å². The molecule has 0 aliphatic carbocycles. The monoisotopic (exact) mass is 271 g/mol. The number of rotatable bonds is 0. The molecule has 4 heteroatoms. The lowest BCUT2D eigenvalue weighted by atomic mass is 10.1. The van der Waals surface area contributed by atoms with Crippen molar-refractivity contribution in [2.75, 3.05) is 0 Å². The molecule has 1 aromatic heterocycles. The van der Waals surface area contributed by atoms with Crippen LogP contribution in [0.2, 0.25) is 0 Å². The van der Waals surface area contributed by atoms with Gasteiger partial charge in [0.1, 0.15) is 11.2 Å². The van der Waals surface area contributed by atoms with Gasteiger partial charge in [-0.1, -0.05) is 18.2 Å². The molecule has 0 saturated heterocycles. The second-order valence-corrected chi connectivity index (χ2v) is 5.29. The van der Waals surface area contributed by atoms with Crippen molar-refractivity contribution in [2.45, 2.75) is 13.5 Å². The molecule has 4 rings (SSSR count). The second-order valence-electron chi connectivity index (χ2n) is 5.29. The Morgan fingerprint density at radius 3 is 2.95 bits per heavy atom. The van der Waals surface area contributed by atoms with E-state index in [0.717, 1.165) is 23.1 Å². The van der Waals surface area contributed by atoms with Crippen molar-refractivity contribution in [3.05, 3.63) is 64.6 Å². The van der Waals surface area contributed by atoms with E-state index in [9.17, 15) is 5.26 Å². The smallest absolute Gasteiger partial charge is 0.205 e. The minimum absolute atomic E-state index is 0.416. The molecule has 21 heavy (non-hydrogen) atoms. The summed E-state index contributed by atoms with van der Waals surface area (Å²) in [5.74, 6) is 0. The summed E-state index contributed by atoms with van der Waals surface area (Å²) in [4.78, 5) is 3.44. The van der Waals surface area contributed by atoms with E-state index in [1.807, 2.05) is 12.3 Å². The van der Waals surface area contributed by atoms with Gasteiger partial charge in [0.05, 0.1) is 23.6 Å². The Labute approximate surface area is 121 Å². The second kappa shape index (κ2) is 3.94. The molecule has 0 unspecified atom stereocenters. The minimum atomic E-state index is 0.416. The van der Waals surface area contributed by atoms with Gasteiger partial charge in [-0.15, -0.1) is 9.36 Å². The van der Waals surface area contributed by atoms with E-state index in [1.54, 1.807) is 6.07 Å². The summed E-state index contributed by atoms with van der Waals surface area (Å²) in [7, 11) is 0.